The molecule has 0 radical (unpaired) electrons. The molecular weight excluding hydrogens is 220 g/mol. The SMILES string of the molecule is COc1nc2cc(O)c(C3CC3)cc2c(=O)[nH]1. The van der Waals surface area contributed by atoms with Crippen LogP contribution < -0.4 is 10.3 Å². The number of ether oxygens (including phenoxy) is 1. The van der Waals surface area contributed by atoms with Crippen LogP contribution in [-0.2, 0) is 0 Å². The minimum Gasteiger partial charge on any atom is -0.508 e. The fraction of sp³-hybridized carbons (Fsp3) is 0.333. The maximum Gasteiger partial charge on any atom is 0.296 e. The number of hydrogen-bond donors (Lipinski definition) is 2. The monoisotopic (exact) mass is 232 g/mol. The van der Waals surface area contributed by atoms with Gasteiger partial charge in [-0.2, -0.15) is 4.98 Å². The molecule has 0 atom stereocenters. The van der Waals surface area contributed by atoms with Crippen LogP contribution in [0.2, 0.25) is 0 Å². The average Bonchev–Trinajstić information content (AvgIpc) is 3.12. The molecule has 1 heterocycles. The van der Waals surface area contributed by atoms with Gasteiger partial charge in [0, 0.05) is 6.07 Å². The van der Waals surface area contributed by atoms with Crippen molar-refractivity contribution >= 4 is 10.9 Å². The second kappa shape index (κ2) is 3.48. The molecule has 88 valence electrons. The maximum absolute atomic E-state index is 11.8. The van der Waals surface area contributed by atoms with Gasteiger partial charge in [-0.15, -0.1) is 0 Å². The molecule has 0 bridgehead atoms. The number of aromatic amines is 1. The molecule has 2 aromatic rings. The van der Waals surface area contributed by atoms with Gasteiger partial charge < -0.3 is 9.84 Å². The van der Waals surface area contributed by atoms with E-state index in [1.165, 1.54) is 13.2 Å². The summed E-state index contributed by atoms with van der Waals surface area (Å²) in [7, 11) is 1.43. The lowest BCUT2D eigenvalue weighted by molar-refractivity contribution is 0.380. The lowest BCUT2D eigenvalue weighted by Gasteiger charge is -2.05. The van der Waals surface area contributed by atoms with Crippen LogP contribution in [0.4, 0.5) is 0 Å². The Morgan fingerprint density at radius 1 is 1.47 bits per heavy atom. The topological polar surface area (TPSA) is 75.2 Å². The maximum atomic E-state index is 11.8. The third-order valence-corrected chi connectivity index (χ3v) is 3.04. The summed E-state index contributed by atoms with van der Waals surface area (Å²) in [6, 6.07) is 3.41. The van der Waals surface area contributed by atoms with E-state index in [-0.39, 0.29) is 17.3 Å². The van der Waals surface area contributed by atoms with E-state index < -0.39 is 0 Å². The number of methoxy groups -OCH3 is 1. The van der Waals surface area contributed by atoms with E-state index in [1.807, 2.05) is 0 Å². The number of benzene rings is 1. The van der Waals surface area contributed by atoms with Crippen molar-refractivity contribution in [2.45, 2.75) is 18.8 Å². The summed E-state index contributed by atoms with van der Waals surface area (Å²) in [5.41, 5.74) is 1.05. The smallest absolute Gasteiger partial charge is 0.296 e. The molecular formula is C12H12N2O3. The molecule has 1 aromatic carbocycles. The highest BCUT2D eigenvalue weighted by Crippen LogP contribution is 2.44. The van der Waals surface area contributed by atoms with E-state index in [4.69, 9.17) is 4.74 Å². The fourth-order valence-corrected chi connectivity index (χ4v) is 1.99. The summed E-state index contributed by atoms with van der Waals surface area (Å²) in [5.74, 6) is 0.598. The number of H-pyrrole nitrogens is 1. The van der Waals surface area contributed by atoms with Crippen molar-refractivity contribution in [2.24, 2.45) is 0 Å². The predicted molar refractivity (Wildman–Crippen MR) is 62.6 cm³/mol. The number of nitrogens with zero attached hydrogens (tertiary/aromatic N) is 1. The molecule has 0 amide bonds. The van der Waals surface area contributed by atoms with E-state index in [2.05, 4.69) is 9.97 Å². The molecule has 0 saturated heterocycles. The van der Waals surface area contributed by atoms with Gasteiger partial charge in [0.25, 0.3) is 11.6 Å². The fourth-order valence-electron chi connectivity index (χ4n) is 1.99. The number of aromatic hydroxyl groups is 1. The van der Waals surface area contributed by atoms with Gasteiger partial charge in [-0.05, 0) is 30.4 Å². The van der Waals surface area contributed by atoms with E-state index >= 15 is 0 Å². The Morgan fingerprint density at radius 2 is 2.24 bits per heavy atom. The van der Waals surface area contributed by atoms with Crippen molar-refractivity contribution in [3.05, 3.63) is 28.0 Å². The van der Waals surface area contributed by atoms with E-state index in [9.17, 15) is 9.90 Å². The normalized spacial score (nSPS) is 15.1. The van der Waals surface area contributed by atoms with Gasteiger partial charge in [-0.25, -0.2) is 0 Å². The van der Waals surface area contributed by atoms with Gasteiger partial charge in [-0.3, -0.25) is 9.78 Å². The number of rotatable bonds is 2. The summed E-state index contributed by atoms with van der Waals surface area (Å²) < 4.78 is 4.88. The summed E-state index contributed by atoms with van der Waals surface area (Å²) in [4.78, 5) is 18.4. The average molecular weight is 232 g/mol. The van der Waals surface area contributed by atoms with Gasteiger partial charge in [-0.1, -0.05) is 0 Å². The molecule has 2 N–H and O–H groups in total. The Labute approximate surface area is 97.1 Å². The quantitative estimate of drug-likeness (QED) is 0.823. The van der Waals surface area contributed by atoms with E-state index in [0.717, 1.165) is 18.4 Å². The van der Waals surface area contributed by atoms with Crippen LogP contribution in [0.25, 0.3) is 10.9 Å². The number of phenolic OH excluding ortho intramolecular Hbond substituents is 1. The van der Waals surface area contributed by atoms with Gasteiger partial charge in [0.2, 0.25) is 0 Å². The number of hydrogen-bond acceptors (Lipinski definition) is 4. The second-order valence-electron chi connectivity index (χ2n) is 4.28. The number of aromatic nitrogens is 2. The standard InChI is InChI=1S/C12H12N2O3/c1-17-12-13-9-5-10(15)7(6-2-3-6)4-8(9)11(16)14-12/h4-6,15H,2-3H2,1H3,(H,13,14,16). The Hall–Kier alpha value is -2.04. The van der Waals surface area contributed by atoms with Gasteiger partial charge in [0.15, 0.2) is 0 Å². The van der Waals surface area contributed by atoms with Crippen molar-refractivity contribution in [2.75, 3.05) is 7.11 Å². The molecule has 1 aliphatic carbocycles. The Morgan fingerprint density at radius 3 is 2.88 bits per heavy atom. The number of nitrogens with one attached hydrogen (secondary N) is 1. The lowest BCUT2D eigenvalue weighted by Crippen LogP contribution is -2.09. The highest BCUT2D eigenvalue weighted by Gasteiger charge is 2.27. The Kier molecular flexibility index (Phi) is 2.07. The van der Waals surface area contributed by atoms with E-state index in [0.29, 0.717) is 16.8 Å². The zero-order chi connectivity index (χ0) is 12.0. The molecule has 0 spiro atoms. The Bertz CT molecular complexity index is 644. The highest BCUT2D eigenvalue weighted by atomic mass is 16.5. The molecule has 1 fully saturated rings. The van der Waals surface area contributed by atoms with Gasteiger partial charge >= 0.3 is 0 Å². The van der Waals surface area contributed by atoms with Crippen LogP contribution in [-0.4, -0.2) is 22.2 Å². The van der Waals surface area contributed by atoms with Gasteiger partial charge in [0.05, 0.1) is 18.0 Å². The van der Waals surface area contributed by atoms with Crippen LogP contribution >= 0.6 is 0 Å². The Balaban J connectivity index is 2.29. The zero-order valence-electron chi connectivity index (χ0n) is 9.36. The summed E-state index contributed by atoms with van der Waals surface area (Å²) in [5, 5.41) is 10.4. The first-order valence-electron chi connectivity index (χ1n) is 5.50. The highest BCUT2D eigenvalue weighted by molar-refractivity contribution is 5.81. The molecule has 0 aliphatic heterocycles. The largest absolute Gasteiger partial charge is 0.508 e. The molecule has 1 aliphatic rings. The van der Waals surface area contributed by atoms with Crippen molar-refractivity contribution in [1.29, 1.82) is 0 Å². The second-order valence-corrected chi connectivity index (χ2v) is 4.28. The number of fused-ring (bicyclic) bond motifs is 1. The van der Waals surface area contributed by atoms with Crippen molar-refractivity contribution in [3.8, 4) is 11.8 Å². The van der Waals surface area contributed by atoms with Crippen molar-refractivity contribution in [3.63, 3.8) is 0 Å². The van der Waals surface area contributed by atoms with Crippen LogP contribution in [0.1, 0.15) is 24.3 Å². The summed E-state index contributed by atoms with van der Waals surface area (Å²) in [6.07, 6.45) is 2.14. The van der Waals surface area contributed by atoms with E-state index in [1.54, 1.807) is 6.07 Å². The first kappa shape index (κ1) is 10.1. The molecule has 5 nitrogen and oxygen atoms in total. The lowest BCUT2D eigenvalue weighted by atomic mass is 10.1. The minimum atomic E-state index is -0.242. The summed E-state index contributed by atoms with van der Waals surface area (Å²) in [6.45, 7) is 0. The van der Waals surface area contributed by atoms with Gasteiger partial charge in [0.1, 0.15) is 5.75 Å². The molecule has 0 unspecified atom stereocenters. The molecule has 17 heavy (non-hydrogen) atoms. The first-order valence-corrected chi connectivity index (χ1v) is 5.50. The van der Waals surface area contributed by atoms with Crippen LogP contribution in [0.3, 0.4) is 0 Å². The summed E-state index contributed by atoms with van der Waals surface area (Å²) >= 11 is 0. The zero-order valence-corrected chi connectivity index (χ0v) is 9.36. The van der Waals surface area contributed by atoms with Crippen molar-refractivity contribution in [1.82, 2.24) is 9.97 Å². The third-order valence-electron chi connectivity index (χ3n) is 3.04. The van der Waals surface area contributed by atoms with Crippen LogP contribution in [0, 0.1) is 0 Å². The number of phenols is 1. The molecule has 1 saturated carbocycles. The van der Waals surface area contributed by atoms with Crippen molar-refractivity contribution < 1.29 is 9.84 Å². The molecule has 5 heteroatoms. The minimum absolute atomic E-state index is 0.154. The third kappa shape index (κ3) is 1.63. The van der Waals surface area contributed by atoms with Crippen LogP contribution in [0.15, 0.2) is 16.9 Å². The first-order chi connectivity index (χ1) is 8.19. The molecule has 3 rings (SSSR count). The van der Waals surface area contributed by atoms with Crippen LogP contribution in [0.5, 0.6) is 11.8 Å². The predicted octanol–water partition coefficient (Wildman–Crippen LogP) is 1.51. The molecule has 1 aromatic heterocycles.